The Labute approximate surface area is 80.0 Å². The summed E-state index contributed by atoms with van der Waals surface area (Å²) in [6.45, 7) is 6.76. The molecule has 2 aliphatic carbocycles. The van der Waals surface area contributed by atoms with Gasteiger partial charge >= 0.3 is 0 Å². The monoisotopic (exact) mass is 184 g/mol. The van der Waals surface area contributed by atoms with Crippen LogP contribution in [0.5, 0.6) is 0 Å². The molecule has 0 aliphatic heterocycles. The molecule has 0 aromatic heterocycles. The molecule has 0 saturated heterocycles. The van der Waals surface area contributed by atoms with Gasteiger partial charge in [0.05, 0.1) is 6.10 Å². The molecule has 76 valence electrons. The highest BCUT2D eigenvalue weighted by Gasteiger charge is 2.64. The van der Waals surface area contributed by atoms with Crippen LogP contribution < -0.4 is 0 Å². The largest absolute Gasteiger partial charge is 0.396 e. The number of fused-ring (bicyclic) bond motifs is 1. The quantitative estimate of drug-likeness (QED) is 0.644. The van der Waals surface area contributed by atoms with E-state index in [1.165, 1.54) is 0 Å². The van der Waals surface area contributed by atoms with E-state index < -0.39 is 0 Å². The minimum Gasteiger partial charge on any atom is -0.396 e. The second kappa shape index (κ2) is 2.71. The molecule has 0 bridgehead atoms. The van der Waals surface area contributed by atoms with Gasteiger partial charge in [0.15, 0.2) is 0 Å². The summed E-state index contributed by atoms with van der Waals surface area (Å²) >= 11 is 0. The van der Waals surface area contributed by atoms with Crippen molar-refractivity contribution in [2.24, 2.45) is 29.1 Å². The van der Waals surface area contributed by atoms with Crippen LogP contribution in [0.1, 0.15) is 27.2 Å². The lowest BCUT2D eigenvalue weighted by Gasteiger charge is -2.31. The van der Waals surface area contributed by atoms with E-state index in [0.29, 0.717) is 17.3 Å². The molecule has 5 unspecified atom stereocenters. The fourth-order valence-electron chi connectivity index (χ4n) is 3.48. The maximum atomic E-state index is 9.91. The SMILES string of the molecule is CC1CC2C(C(CO)C1O)C2(C)C. The maximum Gasteiger partial charge on any atom is 0.0618 e. The first-order valence-corrected chi connectivity index (χ1v) is 5.29. The first-order valence-electron chi connectivity index (χ1n) is 5.29. The zero-order chi connectivity index (χ0) is 9.80. The molecule has 2 rings (SSSR count). The van der Waals surface area contributed by atoms with Crippen LogP contribution in [0.3, 0.4) is 0 Å². The lowest BCUT2D eigenvalue weighted by molar-refractivity contribution is -0.00859. The smallest absolute Gasteiger partial charge is 0.0618 e. The van der Waals surface area contributed by atoms with Crippen molar-refractivity contribution in [1.82, 2.24) is 0 Å². The van der Waals surface area contributed by atoms with Gasteiger partial charge in [0.2, 0.25) is 0 Å². The van der Waals surface area contributed by atoms with Crippen molar-refractivity contribution in [3.8, 4) is 0 Å². The van der Waals surface area contributed by atoms with Gasteiger partial charge in [0.1, 0.15) is 0 Å². The van der Waals surface area contributed by atoms with E-state index in [9.17, 15) is 10.2 Å². The van der Waals surface area contributed by atoms with Gasteiger partial charge in [-0.1, -0.05) is 20.8 Å². The Bertz CT molecular complexity index is 212. The van der Waals surface area contributed by atoms with Crippen molar-refractivity contribution in [3.63, 3.8) is 0 Å². The van der Waals surface area contributed by atoms with Crippen molar-refractivity contribution < 1.29 is 10.2 Å². The van der Waals surface area contributed by atoms with Crippen LogP contribution in [0, 0.1) is 29.1 Å². The summed E-state index contributed by atoms with van der Waals surface area (Å²) in [7, 11) is 0. The minimum atomic E-state index is -0.284. The molecule has 2 nitrogen and oxygen atoms in total. The molecule has 5 atom stereocenters. The summed E-state index contributed by atoms with van der Waals surface area (Å²) < 4.78 is 0. The average Bonchev–Trinajstić information content (AvgIpc) is 2.57. The Morgan fingerprint density at radius 1 is 1.38 bits per heavy atom. The van der Waals surface area contributed by atoms with Crippen LogP contribution in [0.4, 0.5) is 0 Å². The van der Waals surface area contributed by atoms with E-state index in [-0.39, 0.29) is 18.6 Å². The number of aliphatic hydroxyl groups is 2. The molecule has 2 heteroatoms. The molecular formula is C11H20O2. The second-order valence-electron chi connectivity index (χ2n) is 5.50. The van der Waals surface area contributed by atoms with Crippen LogP contribution >= 0.6 is 0 Å². The highest BCUT2D eigenvalue weighted by Crippen LogP contribution is 2.67. The first-order chi connectivity index (χ1) is 6.00. The maximum absolute atomic E-state index is 9.91. The Balaban J connectivity index is 2.17. The predicted octanol–water partition coefficient (Wildman–Crippen LogP) is 1.27. The first kappa shape index (κ1) is 9.47. The van der Waals surface area contributed by atoms with E-state index in [2.05, 4.69) is 20.8 Å². The van der Waals surface area contributed by atoms with Crippen LogP contribution in [-0.4, -0.2) is 22.9 Å². The van der Waals surface area contributed by atoms with Crippen LogP contribution in [-0.2, 0) is 0 Å². The van der Waals surface area contributed by atoms with Crippen molar-refractivity contribution in [1.29, 1.82) is 0 Å². The van der Waals surface area contributed by atoms with Crippen molar-refractivity contribution in [2.75, 3.05) is 6.61 Å². The van der Waals surface area contributed by atoms with Gasteiger partial charge in [-0.3, -0.25) is 0 Å². The molecular weight excluding hydrogens is 164 g/mol. The van der Waals surface area contributed by atoms with Crippen molar-refractivity contribution in [3.05, 3.63) is 0 Å². The second-order valence-corrected chi connectivity index (χ2v) is 5.50. The van der Waals surface area contributed by atoms with Gasteiger partial charge in [0.25, 0.3) is 0 Å². The summed E-state index contributed by atoms with van der Waals surface area (Å²) in [6, 6.07) is 0. The Hall–Kier alpha value is -0.0800. The molecule has 13 heavy (non-hydrogen) atoms. The van der Waals surface area contributed by atoms with E-state index in [4.69, 9.17) is 0 Å². The van der Waals surface area contributed by atoms with Crippen LogP contribution in [0.25, 0.3) is 0 Å². The third-order valence-electron chi connectivity index (χ3n) is 4.46. The molecule has 2 fully saturated rings. The number of aliphatic hydroxyl groups excluding tert-OH is 2. The molecule has 0 amide bonds. The minimum absolute atomic E-state index is 0.128. The zero-order valence-corrected chi connectivity index (χ0v) is 8.70. The third kappa shape index (κ3) is 1.15. The normalized spacial score (nSPS) is 52.8. The Morgan fingerprint density at radius 2 is 2.00 bits per heavy atom. The van der Waals surface area contributed by atoms with E-state index in [1.54, 1.807) is 0 Å². The van der Waals surface area contributed by atoms with Crippen molar-refractivity contribution >= 4 is 0 Å². The highest BCUT2D eigenvalue weighted by molar-refractivity contribution is 5.12. The summed E-state index contributed by atoms with van der Waals surface area (Å²) in [6.07, 6.45) is 0.850. The number of rotatable bonds is 1. The molecule has 0 radical (unpaired) electrons. The molecule has 0 aromatic rings. The summed E-state index contributed by atoms with van der Waals surface area (Å²) in [5.41, 5.74) is 0.360. The lowest BCUT2D eigenvalue weighted by atomic mass is 9.80. The van der Waals surface area contributed by atoms with Gasteiger partial charge in [0, 0.05) is 12.5 Å². The van der Waals surface area contributed by atoms with Gasteiger partial charge in [-0.2, -0.15) is 0 Å². The molecule has 0 heterocycles. The Morgan fingerprint density at radius 3 is 2.54 bits per heavy atom. The van der Waals surface area contributed by atoms with Gasteiger partial charge < -0.3 is 10.2 Å². The average molecular weight is 184 g/mol. The summed E-state index contributed by atoms with van der Waals surface area (Å²) in [5, 5.41) is 19.2. The van der Waals surface area contributed by atoms with E-state index >= 15 is 0 Å². The summed E-state index contributed by atoms with van der Waals surface area (Å²) in [4.78, 5) is 0. The van der Waals surface area contributed by atoms with Gasteiger partial charge in [-0.15, -0.1) is 0 Å². The van der Waals surface area contributed by atoms with E-state index in [0.717, 1.165) is 12.3 Å². The van der Waals surface area contributed by atoms with E-state index in [1.807, 2.05) is 0 Å². The molecule has 2 aliphatic rings. The lowest BCUT2D eigenvalue weighted by Crippen LogP contribution is -2.35. The van der Waals surface area contributed by atoms with Crippen LogP contribution in [0.15, 0.2) is 0 Å². The Kier molecular flexibility index (Phi) is 1.97. The standard InChI is InChI=1S/C11H20O2/c1-6-4-8-9(11(8,2)3)7(5-12)10(6)13/h6-10,12-13H,4-5H2,1-3H3. The highest BCUT2D eigenvalue weighted by atomic mass is 16.3. The molecule has 2 N–H and O–H groups in total. The topological polar surface area (TPSA) is 40.5 Å². The number of hydrogen-bond donors (Lipinski definition) is 2. The molecule has 0 aromatic carbocycles. The zero-order valence-electron chi connectivity index (χ0n) is 8.70. The molecule has 0 spiro atoms. The fraction of sp³-hybridized carbons (Fsp3) is 1.00. The number of hydrogen-bond acceptors (Lipinski definition) is 2. The van der Waals surface area contributed by atoms with Gasteiger partial charge in [-0.25, -0.2) is 0 Å². The third-order valence-corrected chi connectivity index (χ3v) is 4.46. The molecule has 2 saturated carbocycles. The fourth-order valence-corrected chi connectivity index (χ4v) is 3.48. The van der Waals surface area contributed by atoms with Gasteiger partial charge in [-0.05, 0) is 29.6 Å². The van der Waals surface area contributed by atoms with Crippen LogP contribution in [0.2, 0.25) is 0 Å². The van der Waals surface area contributed by atoms with Crippen molar-refractivity contribution in [2.45, 2.75) is 33.3 Å². The summed E-state index contributed by atoms with van der Waals surface area (Å²) in [5.74, 6) is 1.79. The predicted molar refractivity (Wildman–Crippen MR) is 51.1 cm³/mol.